The van der Waals surface area contributed by atoms with Gasteiger partial charge in [-0.3, -0.25) is 9.69 Å². The summed E-state index contributed by atoms with van der Waals surface area (Å²) in [5, 5.41) is 2.91. The summed E-state index contributed by atoms with van der Waals surface area (Å²) in [7, 11) is 3.65. The van der Waals surface area contributed by atoms with Gasteiger partial charge >= 0.3 is 0 Å². The van der Waals surface area contributed by atoms with Crippen molar-refractivity contribution in [1.29, 1.82) is 0 Å². The van der Waals surface area contributed by atoms with Crippen molar-refractivity contribution in [2.75, 3.05) is 26.0 Å². The number of carbonyl (C=O) groups is 1. The minimum atomic E-state index is 0.0302. The van der Waals surface area contributed by atoms with Gasteiger partial charge in [-0.15, -0.1) is 0 Å². The van der Waals surface area contributed by atoms with Crippen LogP contribution in [-0.2, 0) is 4.79 Å². The third-order valence-electron chi connectivity index (χ3n) is 3.69. The average molecular weight is 262 g/mol. The van der Waals surface area contributed by atoms with Crippen LogP contribution in [0.15, 0.2) is 24.3 Å². The van der Waals surface area contributed by atoms with Crippen LogP contribution in [0.25, 0.3) is 0 Å². The van der Waals surface area contributed by atoms with Crippen molar-refractivity contribution < 1.29 is 9.53 Å². The molecule has 0 bridgehead atoms. The number of carbonyl (C=O) groups excluding carboxylic acids is 1. The summed E-state index contributed by atoms with van der Waals surface area (Å²) >= 11 is 0. The van der Waals surface area contributed by atoms with E-state index in [-0.39, 0.29) is 5.91 Å². The smallest absolute Gasteiger partial charge is 0.238 e. The number of benzene rings is 1. The van der Waals surface area contributed by atoms with Gasteiger partial charge in [0.05, 0.1) is 13.7 Å². The van der Waals surface area contributed by atoms with Crippen molar-refractivity contribution in [3.05, 3.63) is 24.3 Å². The van der Waals surface area contributed by atoms with Crippen LogP contribution in [0.2, 0.25) is 0 Å². The fraction of sp³-hybridized carbons (Fsp3) is 0.533. The molecule has 1 fully saturated rings. The Kier molecular flexibility index (Phi) is 4.80. The van der Waals surface area contributed by atoms with Gasteiger partial charge < -0.3 is 10.1 Å². The van der Waals surface area contributed by atoms with Gasteiger partial charge in [-0.1, -0.05) is 18.9 Å². The van der Waals surface area contributed by atoms with E-state index in [0.29, 0.717) is 12.6 Å². The number of likely N-dealkylation sites (N-methyl/N-ethyl adjacent to an activating group) is 1. The van der Waals surface area contributed by atoms with E-state index in [2.05, 4.69) is 10.2 Å². The Labute approximate surface area is 114 Å². The van der Waals surface area contributed by atoms with Crippen LogP contribution in [0, 0.1) is 0 Å². The van der Waals surface area contributed by atoms with Gasteiger partial charge in [-0.05, 0) is 32.0 Å². The number of amides is 1. The monoisotopic (exact) mass is 262 g/mol. The zero-order valence-corrected chi connectivity index (χ0v) is 11.7. The molecule has 1 amide bonds. The van der Waals surface area contributed by atoms with Gasteiger partial charge in [-0.2, -0.15) is 0 Å². The lowest BCUT2D eigenvalue weighted by Crippen LogP contribution is -2.36. The number of anilines is 1. The van der Waals surface area contributed by atoms with E-state index in [1.807, 2.05) is 31.3 Å². The molecule has 1 aromatic carbocycles. The molecule has 104 valence electrons. The Morgan fingerprint density at radius 2 is 2.16 bits per heavy atom. The normalized spacial score (nSPS) is 15.7. The SMILES string of the molecule is COc1cccc(NC(=O)CN(C)C2CCCC2)c1. The largest absolute Gasteiger partial charge is 0.497 e. The number of methoxy groups -OCH3 is 1. The molecule has 4 nitrogen and oxygen atoms in total. The molecule has 0 unspecified atom stereocenters. The van der Waals surface area contributed by atoms with Crippen molar-refractivity contribution in [1.82, 2.24) is 4.90 Å². The van der Waals surface area contributed by atoms with Crippen LogP contribution < -0.4 is 10.1 Å². The van der Waals surface area contributed by atoms with Crippen molar-refractivity contribution in [3.8, 4) is 5.75 Å². The molecule has 1 aliphatic carbocycles. The first kappa shape index (κ1) is 13.9. The molecule has 0 atom stereocenters. The van der Waals surface area contributed by atoms with Crippen LogP contribution in [0.5, 0.6) is 5.75 Å². The quantitative estimate of drug-likeness (QED) is 0.886. The Balaban J connectivity index is 1.86. The third kappa shape index (κ3) is 3.96. The van der Waals surface area contributed by atoms with Crippen molar-refractivity contribution >= 4 is 11.6 Å². The number of ether oxygens (including phenoxy) is 1. The Bertz CT molecular complexity index is 428. The summed E-state index contributed by atoms with van der Waals surface area (Å²) in [6.45, 7) is 0.446. The van der Waals surface area contributed by atoms with E-state index in [1.54, 1.807) is 7.11 Å². The maximum atomic E-state index is 12.0. The first-order valence-electron chi connectivity index (χ1n) is 6.83. The lowest BCUT2D eigenvalue weighted by atomic mass is 10.2. The van der Waals surface area contributed by atoms with Crippen molar-refractivity contribution in [3.63, 3.8) is 0 Å². The number of rotatable bonds is 5. The molecular formula is C15H22N2O2. The van der Waals surface area contributed by atoms with Gasteiger partial charge in [0.2, 0.25) is 5.91 Å². The van der Waals surface area contributed by atoms with Crippen LogP contribution >= 0.6 is 0 Å². The maximum Gasteiger partial charge on any atom is 0.238 e. The van der Waals surface area contributed by atoms with Gasteiger partial charge in [-0.25, -0.2) is 0 Å². The maximum absolute atomic E-state index is 12.0. The lowest BCUT2D eigenvalue weighted by molar-refractivity contribution is -0.117. The second kappa shape index (κ2) is 6.57. The van der Waals surface area contributed by atoms with Crippen molar-refractivity contribution in [2.24, 2.45) is 0 Å². The lowest BCUT2D eigenvalue weighted by Gasteiger charge is -2.23. The van der Waals surface area contributed by atoms with Crippen LogP contribution in [0.1, 0.15) is 25.7 Å². The van der Waals surface area contributed by atoms with E-state index < -0.39 is 0 Å². The molecule has 0 saturated heterocycles. The molecule has 0 spiro atoms. The van der Waals surface area contributed by atoms with Gasteiger partial charge in [0, 0.05) is 17.8 Å². The number of nitrogens with zero attached hydrogens (tertiary/aromatic N) is 1. The molecule has 1 N–H and O–H groups in total. The average Bonchev–Trinajstić information content (AvgIpc) is 2.92. The first-order valence-corrected chi connectivity index (χ1v) is 6.83. The molecule has 19 heavy (non-hydrogen) atoms. The number of hydrogen-bond acceptors (Lipinski definition) is 3. The van der Waals surface area contributed by atoms with E-state index in [9.17, 15) is 4.79 Å². The van der Waals surface area contributed by atoms with Crippen LogP contribution in [0.3, 0.4) is 0 Å². The second-order valence-corrected chi connectivity index (χ2v) is 5.13. The summed E-state index contributed by atoms with van der Waals surface area (Å²) in [5.41, 5.74) is 0.782. The minimum Gasteiger partial charge on any atom is -0.497 e. The standard InChI is InChI=1S/C15H22N2O2/c1-17(13-7-3-4-8-13)11-15(18)16-12-6-5-9-14(10-12)19-2/h5-6,9-10,13H,3-4,7-8,11H2,1-2H3,(H,16,18). The van der Waals surface area contributed by atoms with Crippen LogP contribution in [-0.4, -0.2) is 37.6 Å². The zero-order chi connectivity index (χ0) is 13.7. The topological polar surface area (TPSA) is 41.6 Å². The molecule has 1 saturated carbocycles. The fourth-order valence-corrected chi connectivity index (χ4v) is 2.60. The summed E-state index contributed by atoms with van der Waals surface area (Å²) in [4.78, 5) is 14.1. The second-order valence-electron chi connectivity index (χ2n) is 5.13. The van der Waals surface area contributed by atoms with Gasteiger partial charge in [0.25, 0.3) is 0 Å². The molecule has 0 radical (unpaired) electrons. The highest BCUT2D eigenvalue weighted by Gasteiger charge is 2.21. The minimum absolute atomic E-state index is 0.0302. The van der Waals surface area contributed by atoms with Crippen molar-refractivity contribution in [2.45, 2.75) is 31.7 Å². The molecule has 0 aromatic heterocycles. The molecule has 2 rings (SSSR count). The molecular weight excluding hydrogens is 240 g/mol. The molecule has 4 heteroatoms. The highest BCUT2D eigenvalue weighted by atomic mass is 16.5. The Morgan fingerprint density at radius 3 is 2.84 bits per heavy atom. The van der Waals surface area contributed by atoms with Gasteiger partial charge in [0.1, 0.15) is 5.75 Å². The van der Waals surface area contributed by atoms with E-state index in [0.717, 1.165) is 11.4 Å². The molecule has 1 aromatic rings. The highest BCUT2D eigenvalue weighted by molar-refractivity contribution is 5.92. The Hall–Kier alpha value is -1.55. The zero-order valence-electron chi connectivity index (χ0n) is 11.7. The highest BCUT2D eigenvalue weighted by Crippen LogP contribution is 2.22. The number of hydrogen-bond donors (Lipinski definition) is 1. The van der Waals surface area contributed by atoms with E-state index in [4.69, 9.17) is 4.74 Å². The van der Waals surface area contributed by atoms with Crippen LogP contribution in [0.4, 0.5) is 5.69 Å². The summed E-state index contributed by atoms with van der Waals surface area (Å²) in [6, 6.07) is 8.00. The first-order chi connectivity index (χ1) is 9.19. The molecule has 1 aliphatic rings. The molecule has 0 aliphatic heterocycles. The predicted molar refractivity (Wildman–Crippen MR) is 76.5 cm³/mol. The summed E-state index contributed by atoms with van der Waals surface area (Å²) in [6.07, 6.45) is 4.99. The molecule has 0 heterocycles. The Morgan fingerprint density at radius 1 is 1.42 bits per heavy atom. The number of nitrogens with one attached hydrogen (secondary N) is 1. The fourth-order valence-electron chi connectivity index (χ4n) is 2.60. The summed E-state index contributed by atoms with van der Waals surface area (Å²) < 4.78 is 5.14. The predicted octanol–water partition coefficient (Wildman–Crippen LogP) is 2.51. The third-order valence-corrected chi connectivity index (χ3v) is 3.69. The van der Waals surface area contributed by atoms with E-state index >= 15 is 0 Å². The van der Waals surface area contributed by atoms with Gasteiger partial charge in [0.15, 0.2) is 0 Å². The van der Waals surface area contributed by atoms with E-state index in [1.165, 1.54) is 25.7 Å². The summed E-state index contributed by atoms with van der Waals surface area (Å²) in [5.74, 6) is 0.782.